The van der Waals surface area contributed by atoms with E-state index in [0.29, 0.717) is 0 Å². The van der Waals surface area contributed by atoms with Gasteiger partial charge < -0.3 is 13.7 Å². The third-order valence-electron chi connectivity index (χ3n) is 10.9. The largest absolute Gasteiger partial charge is 0.333 e. The molecule has 1 atom stereocenters. The number of para-hydroxylation sites is 4. The van der Waals surface area contributed by atoms with Gasteiger partial charge in [-0.1, -0.05) is 115 Å². The monoisotopic (exact) mass is 651 g/mol. The Kier molecular flexibility index (Phi) is 6.08. The Morgan fingerprint density at radius 2 is 0.902 bits per heavy atom. The van der Waals surface area contributed by atoms with E-state index in [-0.39, 0.29) is 6.04 Å². The van der Waals surface area contributed by atoms with Crippen LogP contribution in [0.3, 0.4) is 0 Å². The second-order valence-electron chi connectivity index (χ2n) is 13.7. The summed E-state index contributed by atoms with van der Waals surface area (Å²) in [5, 5.41) is 7.65. The molecule has 0 bridgehead atoms. The van der Waals surface area contributed by atoms with Gasteiger partial charge in [0.15, 0.2) is 0 Å². The molecule has 1 aliphatic carbocycles. The van der Waals surface area contributed by atoms with Gasteiger partial charge in [-0.15, -0.1) is 0 Å². The van der Waals surface area contributed by atoms with Gasteiger partial charge in [0.25, 0.3) is 0 Å². The van der Waals surface area contributed by atoms with Crippen molar-refractivity contribution in [1.29, 1.82) is 0 Å². The molecule has 3 aromatic heterocycles. The van der Waals surface area contributed by atoms with Gasteiger partial charge in [0, 0.05) is 49.2 Å². The molecule has 1 aliphatic rings. The van der Waals surface area contributed by atoms with Crippen LogP contribution in [-0.4, -0.2) is 13.7 Å². The van der Waals surface area contributed by atoms with Crippen molar-refractivity contribution in [3.05, 3.63) is 182 Å². The number of aromatic nitrogens is 3. The Hall–Kier alpha value is -6.58. The molecule has 0 aliphatic heterocycles. The molecule has 1 unspecified atom stereocenters. The van der Waals surface area contributed by atoms with Crippen LogP contribution in [0, 0.1) is 0 Å². The molecule has 0 fully saturated rings. The Bertz CT molecular complexity index is 3060. The molecule has 3 nitrogen and oxygen atoms in total. The summed E-state index contributed by atoms with van der Waals surface area (Å²) < 4.78 is 7.36. The molecule has 0 radical (unpaired) electrons. The average Bonchev–Trinajstić information content (AvgIpc) is 3.83. The summed E-state index contributed by atoms with van der Waals surface area (Å²) in [5.41, 5.74) is 12.2. The highest BCUT2D eigenvalue weighted by Gasteiger charge is 2.20. The number of hydrogen-bond donors (Lipinski definition) is 0. The first-order chi connectivity index (χ1) is 25.3. The predicted molar refractivity (Wildman–Crippen MR) is 215 cm³/mol. The summed E-state index contributed by atoms with van der Waals surface area (Å²) in [6.07, 6.45) is 9.94. The summed E-state index contributed by atoms with van der Waals surface area (Å²) in [5.74, 6) is 0. The lowest BCUT2D eigenvalue weighted by atomic mass is 10.0. The van der Waals surface area contributed by atoms with Crippen molar-refractivity contribution in [1.82, 2.24) is 13.7 Å². The molecule has 240 valence electrons. The van der Waals surface area contributed by atoms with Gasteiger partial charge in [0.1, 0.15) is 0 Å². The van der Waals surface area contributed by atoms with Crippen molar-refractivity contribution >= 4 is 65.4 Å². The van der Waals surface area contributed by atoms with Crippen molar-refractivity contribution in [3.63, 3.8) is 0 Å². The molecular formula is C48H33N3. The molecular weight excluding hydrogens is 619 g/mol. The number of nitrogens with zero attached hydrogens (tertiary/aromatic N) is 3. The first-order valence-electron chi connectivity index (χ1n) is 17.8. The highest BCUT2D eigenvalue weighted by Crippen LogP contribution is 2.40. The van der Waals surface area contributed by atoms with Gasteiger partial charge in [-0.05, 0) is 84.3 Å². The molecule has 7 aromatic carbocycles. The van der Waals surface area contributed by atoms with E-state index in [2.05, 4.69) is 196 Å². The number of fused-ring (bicyclic) bond motifs is 9. The third-order valence-corrected chi connectivity index (χ3v) is 10.9. The molecule has 3 heterocycles. The molecule has 0 spiro atoms. The fourth-order valence-electron chi connectivity index (χ4n) is 8.68. The first-order valence-corrected chi connectivity index (χ1v) is 17.8. The Morgan fingerprint density at radius 1 is 0.373 bits per heavy atom. The highest BCUT2D eigenvalue weighted by atomic mass is 15.0. The summed E-state index contributed by atoms with van der Waals surface area (Å²) in [7, 11) is 0. The summed E-state index contributed by atoms with van der Waals surface area (Å²) in [6, 6.07) is 58.3. The highest BCUT2D eigenvalue weighted by molar-refractivity contribution is 6.13. The fraction of sp³-hybridized carbons (Fsp3) is 0.0417. The maximum atomic E-state index is 2.53. The van der Waals surface area contributed by atoms with E-state index < -0.39 is 0 Å². The summed E-state index contributed by atoms with van der Waals surface area (Å²) >= 11 is 0. The molecule has 51 heavy (non-hydrogen) atoms. The quantitative estimate of drug-likeness (QED) is 0.180. The zero-order valence-corrected chi connectivity index (χ0v) is 27.9. The van der Waals surface area contributed by atoms with Crippen LogP contribution in [0.1, 0.15) is 12.5 Å². The lowest BCUT2D eigenvalue weighted by molar-refractivity contribution is 0.648. The van der Waals surface area contributed by atoms with Crippen LogP contribution >= 0.6 is 0 Å². The smallest absolute Gasteiger partial charge is 0.0560 e. The van der Waals surface area contributed by atoms with E-state index in [1.54, 1.807) is 0 Å². The zero-order valence-electron chi connectivity index (χ0n) is 27.9. The van der Waals surface area contributed by atoms with E-state index in [1.165, 1.54) is 87.9 Å². The molecule has 3 heteroatoms. The summed E-state index contributed by atoms with van der Waals surface area (Å²) in [6.45, 7) is 0. The van der Waals surface area contributed by atoms with E-state index in [4.69, 9.17) is 0 Å². The van der Waals surface area contributed by atoms with Crippen LogP contribution in [0.15, 0.2) is 182 Å². The standard InChI is InChI=1S/C48H33N3/c1-3-13-34(14-4-1)49-44-21-11-8-18-38(44)41-29-32(23-27-46(41)49)33-24-28-47-42(30-33)39-19-9-12-22-45(39)51(47)36-25-26-40-37-17-7-10-20-43(37)50(48(40)31-36)35-15-5-2-6-16-35/h1-15,17-31,35H,16H2. The van der Waals surface area contributed by atoms with Crippen LogP contribution in [0.25, 0.3) is 87.9 Å². The van der Waals surface area contributed by atoms with E-state index in [1.807, 2.05) is 0 Å². The lowest BCUT2D eigenvalue weighted by Crippen LogP contribution is -2.07. The minimum atomic E-state index is 0.285. The van der Waals surface area contributed by atoms with Crippen LogP contribution in [0.4, 0.5) is 0 Å². The number of allylic oxidation sites excluding steroid dienone is 4. The molecule has 11 rings (SSSR count). The molecule has 0 N–H and O–H groups in total. The predicted octanol–water partition coefficient (Wildman–Crippen LogP) is 12.7. The van der Waals surface area contributed by atoms with Crippen molar-refractivity contribution < 1.29 is 0 Å². The van der Waals surface area contributed by atoms with Crippen LogP contribution in [0.5, 0.6) is 0 Å². The van der Waals surface area contributed by atoms with E-state index in [0.717, 1.165) is 6.42 Å². The van der Waals surface area contributed by atoms with Crippen LogP contribution in [-0.2, 0) is 0 Å². The van der Waals surface area contributed by atoms with Gasteiger partial charge in [0.2, 0.25) is 0 Å². The van der Waals surface area contributed by atoms with Gasteiger partial charge in [-0.2, -0.15) is 0 Å². The number of rotatable bonds is 4. The Balaban J connectivity index is 1.10. The fourth-order valence-corrected chi connectivity index (χ4v) is 8.68. The van der Waals surface area contributed by atoms with Crippen LogP contribution in [0.2, 0.25) is 0 Å². The van der Waals surface area contributed by atoms with E-state index >= 15 is 0 Å². The second kappa shape index (κ2) is 11.0. The topological polar surface area (TPSA) is 14.8 Å². The number of hydrogen-bond acceptors (Lipinski definition) is 0. The zero-order chi connectivity index (χ0) is 33.5. The second-order valence-corrected chi connectivity index (χ2v) is 13.7. The van der Waals surface area contributed by atoms with Gasteiger partial charge in [0.05, 0.1) is 33.6 Å². The van der Waals surface area contributed by atoms with Crippen LogP contribution < -0.4 is 0 Å². The molecule has 10 aromatic rings. The minimum Gasteiger partial charge on any atom is -0.333 e. The van der Waals surface area contributed by atoms with Gasteiger partial charge in [-0.3, -0.25) is 0 Å². The summed E-state index contributed by atoms with van der Waals surface area (Å²) in [4.78, 5) is 0. The van der Waals surface area contributed by atoms with Crippen molar-refractivity contribution in [2.75, 3.05) is 0 Å². The molecule has 0 amide bonds. The van der Waals surface area contributed by atoms with Gasteiger partial charge >= 0.3 is 0 Å². The lowest BCUT2D eigenvalue weighted by Gasteiger charge is -2.19. The third kappa shape index (κ3) is 4.18. The average molecular weight is 652 g/mol. The Labute approximate surface area is 295 Å². The van der Waals surface area contributed by atoms with Crippen molar-refractivity contribution in [2.24, 2.45) is 0 Å². The maximum Gasteiger partial charge on any atom is 0.0560 e. The van der Waals surface area contributed by atoms with Crippen molar-refractivity contribution in [2.45, 2.75) is 12.5 Å². The maximum absolute atomic E-state index is 2.53. The molecule has 0 saturated carbocycles. The van der Waals surface area contributed by atoms with Gasteiger partial charge in [-0.25, -0.2) is 0 Å². The minimum absolute atomic E-state index is 0.285. The molecule has 0 saturated heterocycles. The van der Waals surface area contributed by atoms with E-state index in [9.17, 15) is 0 Å². The van der Waals surface area contributed by atoms with Crippen molar-refractivity contribution in [3.8, 4) is 22.5 Å². The first kappa shape index (κ1) is 28.3. The SMILES string of the molecule is C1=CCC(n2c3ccccc3c3ccc(-n4c5ccccc5c5cc(-c6ccc7c(c6)c6ccccc6n7-c6ccccc6)ccc54)cc32)C=C1. The normalized spacial score (nSPS) is 14.6. The Morgan fingerprint density at radius 3 is 1.53 bits per heavy atom. The number of benzene rings is 7.